The number of hydrogen-bond acceptors (Lipinski definition) is 4. The van der Waals surface area contributed by atoms with Gasteiger partial charge in [0.15, 0.2) is 12.1 Å². The van der Waals surface area contributed by atoms with Gasteiger partial charge in [0.25, 0.3) is 0 Å². The molecule has 0 fully saturated rings. The number of carbonyl (C=O) groups is 1. The van der Waals surface area contributed by atoms with Crippen molar-refractivity contribution in [2.45, 2.75) is 27.7 Å². The average molecular weight is 309 g/mol. The molecule has 0 radical (unpaired) electrons. The fourth-order valence-corrected chi connectivity index (χ4v) is 1.95. The molecule has 2 aromatic carbocycles. The van der Waals surface area contributed by atoms with Crippen LogP contribution in [0.15, 0.2) is 48.5 Å². The van der Waals surface area contributed by atoms with Gasteiger partial charge in [-0.3, -0.25) is 4.79 Å². The number of aromatic nitrogens is 2. The maximum Gasteiger partial charge on any atom is 0.169 e. The number of para-hydroxylation sites is 1. The highest BCUT2D eigenvalue weighted by Crippen LogP contribution is 2.21. The highest BCUT2D eigenvalue weighted by Gasteiger charge is 2.08. The monoisotopic (exact) mass is 309 g/mol. The van der Waals surface area contributed by atoms with E-state index in [-0.39, 0.29) is 0 Å². The van der Waals surface area contributed by atoms with Gasteiger partial charge in [-0.1, -0.05) is 45.9 Å². The smallest absolute Gasteiger partial charge is 0.169 e. The van der Waals surface area contributed by atoms with Crippen molar-refractivity contribution < 1.29 is 4.79 Å². The zero-order chi connectivity index (χ0) is 17.2. The molecule has 0 aliphatic heterocycles. The Hall–Kier alpha value is -2.75. The zero-order valence-corrected chi connectivity index (χ0v) is 14.1. The summed E-state index contributed by atoms with van der Waals surface area (Å²) in [7, 11) is 0. The van der Waals surface area contributed by atoms with Crippen LogP contribution in [0.25, 0.3) is 22.3 Å². The molecule has 0 atom stereocenters. The minimum Gasteiger partial charge on any atom is -0.399 e. The Balaban J connectivity index is 0.000000615. The van der Waals surface area contributed by atoms with Gasteiger partial charge < -0.3 is 5.73 Å². The molecule has 0 saturated heterocycles. The number of rotatable bonds is 2. The molecule has 3 aromatic rings. The molecule has 0 aliphatic carbocycles. The summed E-state index contributed by atoms with van der Waals surface area (Å²) >= 11 is 0. The lowest BCUT2D eigenvalue weighted by Crippen LogP contribution is -1.97. The highest BCUT2D eigenvalue weighted by molar-refractivity contribution is 5.95. The van der Waals surface area contributed by atoms with Crippen LogP contribution in [-0.4, -0.2) is 16.3 Å². The number of nitrogen functional groups attached to an aromatic ring is 1. The SMILES string of the molecule is CC.CC.Nc1ccc(-c2nc(C=O)c3ccccc3n2)cc1. The number of fused-ring (bicyclic) bond motifs is 1. The number of carbonyl (C=O) groups excluding carboxylic acids is 1. The molecule has 3 rings (SSSR count). The van der Waals surface area contributed by atoms with Crippen molar-refractivity contribution in [3.63, 3.8) is 0 Å². The summed E-state index contributed by atoms with van der Waals surface area (Å²) < 4.78 is 0. The maximum absolute atomic E-state index is 11.1. The standard InChI is InChI=1S/C15H11N3O.2C2H6/c16-11-7-5-10(6-8-11)15-17-13-4-2-1-3-12(13)14(9-19)18-15;2*1-2/h1-9H,16H2;2*1-2H3. The fourth-order valence-electron chi connectivity index (χ4n) is 1.95. The van der Waals surface area contributed by atoms with Gasteiger partial charge in [0.1, 0.15) is 5.69 Å². The molecule has 2 N–H and O–H groups in total. The lowest BCUT2D eigenvalue weighted by molar-refractivity contribution is 0.112. The maximum atomic E-state index is 11.1. The molecule has 1 heterocycles. The molecule has 0 saturated carbocycles. The summed E-state index contributed by atoms with van der Waals surface area (Å²) in [6, 6.07) is 14.7. The van der Waals surface area contributed by atoms with Gasteiger partial charge in [0, 0.05) is 16.6 Å². The molecular weight excluding hydrogens is 286 g/mol. The average Bonchev–Trinajstić information content (AvgIpc) is 2.64. The molecule has 4 nitrogen and oxygen atoms in total. The molecule has 0 spiro atoms. The lowest BCUT2D eigenvalue weighted by atomic mass is 10.1. The Morgan fingerprint density at radius 1 is 0.870 bits per heavy atom. The van der Waals surface area contributed by atoms with Crippen LogP contribution in [0.3, 0.4) is 0 Å². The lowest BCUT2D eigenvalue weighted by Gasteiger charge is -2.05. The summed E-state index contributed by atoms with van der Waals surface area (Å²) in [4.78, 5) is 19.9. The number of nitrogens with two attached hydrogens (primary N) is 1. The Kier molecular flexibility index (Phi) is 7.40. The van der Waals surface area contributed by atoms with Crippen LogP contribution in [0.5, 0.6) is 0 Å². The number of hydrogen-bond donors (Lipinski definition) is 1. The van der Waals surface area contributed by atoms with Gasteiger partial charge in [-0.15, -0.1) is 0 Å². The Morgan fingerprint density at radius 3 is 2.09 bits per heavy atom. The van der Waals surface area contributed by atoms with E-state index in [4.69, 9.17) is 5.73 Å². The van der Waals surface area contributed by atoms with Gasteiger partial charge in [-0.25, -0.2) is 9.97 Å². The third kappa shape index (κ3) is 4.36. The topological polar surface area (TPSA) is 68.9 Å². The predicted molar refractivity (Wildman–Crippen MR) is 97.5 cm³/mol. The van der Waals surface area contributed by atoms with Gasteiger partial charge >= 0.3 is 0 Å². The molecule has 4 heteroatoms. The summed E-state index contributed by atoms with van der Waals surface area (Å²) in [5, 5.41) is 0.761. The Bertz CT molecular complexity index is 752. The predicted octanol–water partition coefficient (Wildman–Crippen LogP) is 4.74. The van der Waals surface area contributed by atoms with E-state index in [1.54, 1.807) is 12.1 Å². The van der Waals surface area contributed by atoms with Crippen molar-refractivity contribution in [3.05, 3.63) is 54.2 Å². The highest BCUT2D eigenvalue weighted by atomic mass is 16.1. The van der Waals surface area contributed by atoms with Gasteiger partial charge in [-0.2, -0.15) is 0 Å². The van der Waals surface area contributed by atoms with Crippen LogP contribution < -0.4 is 5.73 Å². The first-order valence-corrected chi connectivity index (χ1v) is 7.86. The minimum absolute atomic E-state index is 0.400. The number of nitrogens with zero attached hydrogens (tertiary/aromatic N) is 2. The summed E-state index contributed by atoms with van der Waals surface area (Å²) in [5.74, 6) is 0.529. The van der Waals surface area contributed by atoms with Crippen molar-refractivity contribution in [2.75, 3.05) is 5.73 Å². The minimum atomic E-state index is 0.400. The van der Waals surface area contributed by atoms with E-state index >= 15 is 0 Å². The first-order valence-electron chi connectivity index (χ1n) is 7.86. The second-order valence-electron chi connectivity index (χ2n) is 4.19. The molecule has 0 bridgehead atoms. The first kappa shape index (κ1) is 18.3. The van der Waals surface area contributed by atoms with Gasteiger partial charge in [-0.05, 0) is 30.3 Å². The van der Waals surface area contributed by atoms with Crippen LogP contribution >= 0.6 is 0 Å². The second kappa shape index (κ2) is 9.30. The fraction of sp³-hybridized carbons (Fsp3) is 0.211. The van der Waals surface area contributed by atoms with Crippen molar-refractivity contribution in [3.8, 4) is 11.4 Å². The molecule has 0 unspecified atom stereocenters. The van der Waals surface area contributed by atoms with Crippen molar-refractivity contribution in [1.82, 2.24) is 9.97 Å². The zero-order valence-electron chi connectivity index (χ0n) is 14.1. The summed E-state index contributed by atoms with van der Waals surface area (Å²) in [6.07, 6.45) is 0.755. The Labute approximate surface area is 137 Å². The van der Waals surface area contributed by atoms with Crippen LogP contribution in [0, 0.1) is 0 Å². The molecule has 23 heavy (non-hydrogen) atoms. The third-order valence-corrected chi connectivity index (χ3v) is 2.91. The van der Waals surface area contributed by atoms with Crippen LogP contribution in [-0.2, 0) is 0 Å². The molecule has 120 valence electrons. The number of anilines is 1. The molecule has 0 amide bonds. The molecule has 0 aliphatic rings. The number of benzene rings is 2. The van der Waals surface area contributed by atoms with E-state index in [1.807, 2.05) is 64.1 Å². The van der Waals surface area contributed by atoms with Crippen molar-refractivity contribution in [2.24, 2.45) is 0 Å². The second-order valence-corrected chi connectivity index (χ2v) is 4.19. The first-order chi connectivity index (χ1) is 11.3. The van der Waals surface area contributed by atoms with E-state index in [9.17, 15) is 4.79 Å². The molecular formula is C19H23N3O. The quantitative estimate of drug-likeness (QED) is 0.548. The van der Waals surface area contributed by atoms with E-state index < -0.39 is 0 Å². The van der Waals surface area contributed by atoms with E-state index in [1.165, 1.54) is 0 Å². The van der Waals surface area contributed by atoms with Crippen LogP contribution in [0.1, 0.15) is 38.2 Å². The van der Waals surface area contributed by atoms with Gasteiger partial charge in [0.05, 0.1) is 5.52 Å². The number of aldehydes is 1. The largest absolute Gasteiger partial charge is 0.399 e. The van der Waals surface area contributed by atoms with E-state index in [0.29, 0.717) is 17.2 Å². The van der Waals surface area contributed by atoms with Crippen molar-refractivity contribution >= 4 is 22.9 Å². The third-order valence-electron chi connectivity index (χ3n) is 2.91. The summed E-state index contributed by atoms with van der Waals surface area (Å²) in [6.45, 7) is 8.00. The van der Waals surface area contributed by atoms with Gasteiger partial charge in [0.2, 0.25) is 0 Å². The van der Waals surface area contributed by atoms with E-state index in [2.05, 4.69) is 9.97 Å². The normalized spacial score (nSPS) is 9.22. The van der Waals surface area contributed by atoms with Crippen molar-refractivity contribution in [1.29, 1.82) is 0 Å². The molecule has 1 aromatic heterocycles. The van der Waals surface area contributed by atoms with E-state index in [0.717, 1.165) is 22.8 Å². The van der Waals surface area contributed by atoms with Crippen LogP contribution in [0.4, 0.5) is 5.69 Å². The van der Waals surface area contributed by atoms with Crippen LogP contribution in [0.2, 0.25) is 0 Å². The summed E-state index contributed by atoms with van der Waals surface area (Å²) in [5.41, 5.74) is 8.33. The Morgan fingerprint density at radius 2 is 1.48 bits per heavy atom.